The number of carbonyl (C=O) groups excluding carboxylic acids is 3. The number of methoxy groups -OCH3 is 1. The molecule has 3 aromatic rings. The predicted octanol–water partition coefficient (Wildman–Crippen LogP) is 8.56. The van der Waals surface area contributed by atoms with Crippen LogP contribution in [0, 0.1) is 0 Å². The molecule has 1 unspecified atom stereocenters. The van der Waals surface area contributed by atoms with Gasteiger partial charge < -0.3 is 23.5 Å². The summed E-state index contributed by atoms with van der Waals surface area (Å²) < 4.78 is 45.8. The fourth-order valence-electron chi connectivity index (χ4n) is 6.51. The molecule has 0 spiro atoms. The molecule has 0 aliphatic carbocycles. The van der Waals surface area contributed by atoms with E-state index in [0.29, 0.717) is 25.3 Å². The normalized spacial score (nSPS) is 19.7. The predicted molar refractivity (Wildman–Crippen MR) is 208 cm³/mol. The maximum absolute atomic E-state index is 15.0. The van der Waals surface area contributed by atoms with Crippen LogP contribution in [0.15, 0.2) is 48.8 Å². The molecule has 2 aromatic heterocycles. The molecule has 14 heteroatoms. The van der Waals surface area contributed by atoms with E-state index in [1.165, 1.54) is 0 Å². The van der Waals surface area contributed by atoms with Crippen molar-refractivity contribution in [3.05, 3.63) is 54.4 Å². The molecule has 2 amide bonds. The van der Waals surface area contributed by atoms with E-state index in [1.54, 1.807) is 76.3 Å². The molecule has 0 N–H and O–H groups in total. The Morgan fingerprint density at radius 3 is 2.15 bits per heavy atom. The first kappa shape index (κ1) is 42.8. The highest BCUT2D eigenvalue weighted by molar-refractivity contribution is 7.62. The molecular weight excluding hydrogens is 711 g/mol. The van der Waals surface area contributed by atoms with Gasteiger partial charge in [-0.3, -0.25) is 18.7 Å². The van der Waals surface area contributed by atoms with Gasteiger partial charge >= 0.3 is 18.2 Å². The summed E-state index contributed by atoms with van der Waals surface area (Å²) in [6, 6.07) is 11.7. The van der Waals surface area contributed by atoms with Gasteiger partial charge in [0, 0.05) is 44.1 Å². The molecule has 3 heterocycles. The fraction of sp³-hybridized carbons (Fsp3) is 0.600. The molecule has 1 aliphatic heterocycles. The van der Waals surface area contributed by atoms with E-state index in [-0.39, 0.29) is 38.7 Å². The zero-order chi connectivity index (χ0) is 40.1. The molecule has 13 nitrogen and oxygen atoms in total. The lowest BCUT2D eigenvalue weighted by Crippen LogP contribution is -2.56. The third-order valence-electron chi connectivity index (χ3n) is 8.82. The summed E-state index contributed by atoms with van der Waals surface area (Å²) in [5.74, 6) is 0.0957. The zero-order valence-corrected chi connectivity index (χ0v) is 34.8. The van der Waals surface area contributed by atoms with Crippen molar-refractivity contribution in [2.24, 2.45) is 0 Å². The number of hydrogen-bond donors (Lipinski definition) is 0. The Bertz CT molecular complexity index is 1810. The molecule has 0 radical (unpaired) electrons. The number of imidazole rings is 1. The van der Waals surface area contributed by atoms with Gasteiger partial charge in [-0.25, -0.2) is 19.5 Å². The van der Waals surface area contributed by atoms with E-state index >= 15 is 4.57 Å². The number of rotatable bonds is 12. The first-order chi connectivity index (χ1) is 25.1. The van der Waals surface area contributed by atoms with E-state index < -0.39 is 47.5 Å². The van der Waals surface area contributed by atoms with E-state index in [0.717, 1.165) is 27.4 Å². The SMILES string of the molecule is CCOP1(=O)CCN(Cc2ccc(OC)cc2-c2cnc3ccccn23)C[C@@]1(CCCCN(C(=O)OC(C)(C)C)C(=O)OC(C)(C)C)C(=O)OC(C)(C)C. The maximum Gasteiger partial charge on any atom is 0.419 e. The van der Waals surface area contributed by atoms with Crippen molar-refractivity contribution < 1.29 is 42.4 Å². The number of pyridine rings is 1. The number of aromatic nitrogens is 2. The average Bonchev–Trinajstić information content (AvgIpc) is 3.48. The van der Waals surface area contributed by atoms with E-state index in [4.69, 9.17) is 23.5 Å². The van der Waals surface area contributed by atoms with Gasteiger partial charge in [-0.2, -0.15) is 0 Å². The minimum atomic E-state index is -3.65. The second-order valence-corrected chi connectivity index (χ2v) is 19.6. The van der Waals surface area contributed by atoms with E-state index in [2.05, 4.69) is 9.88 Å². The van der Waals surface area contributed by atoms with Crippen LogP contribution in [-0.2, 0) is 34.6 Å². The average molecular weight is 771 g/mol. The van der Waals surface area contributed by atoms with Crippen LogP contribution in [0.2, 0.25) is 0 Å². The fourth-order valence-corrected chi connectivity index (χ4v) is 9.52. The number of benzene rings is 1. The van der Waals surface area contributed by atoms with Gasteiger partial charge in [0.15, 0.2) is 5.16 Å². The number of unbranched alkanes of at least 4 members (excludes halogenated alkanes) is 1. The Balaban J connectivity index is 1.68. The Morgan fingerprint density at radius 1 is 0.907 bits per heavy atom. The smallest absolute Gasteiger partial charge is 0.419 e. The Hall–Kier alpha value is -3.93. The highest BCUT2D eigenvalue weighted by atomic mass is 31.2. The van der Waals surface area contributed by atoms with Crippen molar-refractivity contribution in [3.63, 3.8) is 0 Å². The monoisotopic (exact) mass is 770 g/mol. The number of imide groups is 1. The summed E-state index contributed by atoms with van der Waals surface area (Å²) in [5, 5.41) is -1.52. The van der Waals surface area contributed by atoms with Crippen molar-refractivity contribution in [3.8, 4) is 17.0 Å². The second kappa shape index (κ2) is 16.8. The first-order valence-electron chi connectivity index (χ1n) is 18.6. The Labute approximate surface area is 320 Å². The molecular formula is C40H59N4O9P. The lowest BCUT2D eigenvalue weighted by atomic mass is 9.97. The number of hydrogen-bond acceptors (Lipinski definition) is 11. The molecule has 1 aromatic carbocycles. The molecule has 0 bridgehead atoms. The quantitative estimate of drug-likeness (QED) is 0.0758. The van der Waals surface area contributed by atoms with Crippen molar-refractivity contribution >= 4 is 31.2 Å². The maximum atomic E-state index is 15.0. The van der Waals surface area contributed by atoms with Crippen molar-refractivity contribution in [2.75, 3.05) is 39.5 Å². The van der Waals surface area contributed by atoms with Gasteiger partial charge in [-0.1, -0.05) is 12.1 Å². The number of carbonyl (C=O) groups is 3. The van der Waals surface area contributed by atoms with Gasteiger partial charge in [-0.05, 0) is 118 Å². The van der Waals surface area contributed by atoms with Crippen molar-refractivity contribution in [1.29, 1.82) is 0 Å². The largest absolute Gasteiger partial charge is 0.497 e. The van der Waals surface area contributed by atoms with Gasteiger partial charge in [-0.15, -0.1) is 0 Å². The van der Waals surface area contributed by atoms with E-state index in [1.807, 2.05) is 53.2 Å². The summed E-state index contributed by atoms with van der Waals surface area (Å²) >= 11 is 0. The number of amides is 2. The molecule has 2 atom stereocenters. The van der Waals surface area contributed by atoms with Crippen LogP contribution in [0.5, 0.6) is 5.75 Å². The second-order valence-electron chi connectivity index (χ2n) is 16.7. The van der Waals surface area contributed by atoms with Gasteiger partial charge in [0.1, 0.15) is 28.2 Å². The standard InChI is InChI=1S/C40H59N4O9P/c1-12-50-54(48)24-23-42(27-29-18-19-30(49-11)25-31(29)32-26-41-33-17-13-15-21-43(32)33)28-40(54,34(45)51-37(2,3)4)20-14-16-22-44(35(46)52-38(5,6)7)36(47)53-39(8,9)10/h13,15,17-19,21,25-26H,12,14,16,20,22-24,27-28H2,1-11H3/t40-,54?/m0/s1. The third kappa shape index (κ3) is 10.6. The van der Waals surface area contributed by atoms with Crippen LogP contribution in [0.4, 0.5) is 9.59 Å². The van der Waals surface area contributed by atoms with Crippen LogP contribution >= 0.6 is 7.37 Å². The summed E-state index contributed by atoms with van der Waals surface area (Å²) in [6.07, 6.45) is 3.01. The lowest BCUT2D eigenvalue weighted by molar-refractivity contribution is -0.160. The van der Waals surface area contributed by atoms with Gasteiger partial charge in [0.25, 0.3) is 0 Å². The molecule has 54 heavy (non-hydrogen) atoms. The van der Waals surface area contributed by atoms with E-state index in [9.17, 15) is 14.4 Å². The number of fused-ring (bicyclic) bond motifs is 1. The molecule has 1 aliphatic rings. The van der Waals surface area contributed by atoms with Crippen LogP contribution < -0.4 is 4.74 Å². The number of nitrogens with zero attached hydrogens (tertiary/aromatic N) is 4. The summed E-state index contributed by atoms with van der Waals surface area (Å²) in [6.45, 7) is 18.5. The molecule has 298 valence electrons. The lowest BCUT2D eigenvalue weighted by Gasteiger charge is -2.46. The number of esters is 1. The molecule has 1 saturated heterocycles. The van der Waals surface area contributed by atoms with Crippen LogP contribution in [-0.4, -0.2) is 98.8 Å². The third-order valence-corrected chi connectivity index (χ3v) is 12.1. The zero-order valence-electron chi connectivity index (χ0n) is 33.9. The first-order valence-corrected chi connectivity index (χ1v) is 20.4. The minimum Gasteiger partial charge on any atom is -0.497 e. The van der Waals surface area contributed by atoms with Gasteiger partial charge in [0.05, 0.1) is 25.6 Å². The topological polar surface area (TPSA) is 138 Å². The minimum absolute atomic E-state index is 0.0363. The summed E-state index contributed by atoms with van der Waals surface area (Å²) in [7, 11) is -2.03. The molecule has 0 saturated carbocycles. The Morgan fingerprint density at radius 2 is 1.56 bits per heavy atom. The highest BCUT2D eigenvalue weighted by Gasteiger charge is 2.59. The van der Waals surface area contributed by atoms with Crippen LogP contribution in [0.25, 0.3) is 16.9 Å². The van der Waals surface area contributed by atoms with Crippen molar-refractivity contribution in [2.45, 2.75) is 117 Å². The summed E-state index contributed by atoms with van der Waals surface area (Å²) in [5.41, 5.74) is 1.02. The molecule has 1 fully saturated rings. The van der Waals surface area contributed by atoms with Crippen molar-refractivity contribution in [1.82, 2.24) is 19.2 Å². The summed E-state index contributed by atoms with van der Waals surface area (Å²) in [4.78, 5) is 48.5. The molecule has 4 rings (SSSR count). The number of ether oxygens (including phenoxy) is 4. The Kier molecular flexibility index (Phi) is 13.3. The van der Waals surface area contributed by atoms with Crippen LogP contribution in [0.1, 0.15) is 94.1 Å². The highest BCUT2D eigenvalue weighted by Crippen LogP contribution is 2.64. The van der Waals surface area contributed by atoms with Gasteiger partial charge in [0.2, 0.25) is 7.37 Å². The van der Waals surface area contributed by atoms with Crippen LogP contribution in [0.3, 0.4) is 0 Å².